The van der Waals surface area contributed by atoms with Gasteiger partial charge < -0.3 is 0 Å². The van der Waals surface area contributed by atoms with E-state index in [4.69, 9.17) is 5.26 Å². The molecule has 0 spiro atoms. The molecule has 1 rings (SSSR count). The molecule has 0 bridgehead atoms. The number of aromatic nitrogens is 1. The van der Waals surface area contributed by atoms with Crippen LogP contribution in [0.4, 0.5) is 0 Å². The molecule has 1 aromatic heterocycles. The third-order valence-corrected chi connectivity index (χ3v) is 1.51. The summed E-state index contributed by atoms with van der Waals surface area (Å²) in [5, 5.41) is 8.68. The van der Waals surface area contributed by atoms with E-state index in [9.17, 15) is 0 Å². The van der Waals surface area contributed by atoms with E-state index in [0.717, 1.165) is 5.69 Å². The minimum Gasteiger partial charge on any atom is -0.260 e. The van der Waals surface area contributed by atoms with Gasteiger partial charge in [0.15, 0.2) is 0 Å². The monoisotopic (exact) mass is 146 g/mol. The number of nitrogens with zero attached hydrogens (tertiary/aromatic N) is 2. The first-order valence-corrected chi connectivity index (χ1v) is 3.60. The molecule has 11 heavy (non-hydrogen) atoms. The van der Waals surface area contributed by atoms with Crippen molar-refractivity contribution < 1.29 is 0 Å². The van der Waals surface area contributed by atoms with E-state index < -0.39 is 0 Å². The zero-order valence-electron chi connectivity index (χ0n) is 6.70. The summed E-state index contributed by atoms with van der Waals surface area (Å²) in [6, 6.07) is 5.69. The third kappa shape index (κ3) is 1.56. The van der Waals surface area contributed by atoms with Crippen molar-refractivity contribution in [2.45, 2.75) is 19.8 Å². The number of hydrogen-bond acceptors (Lipinski definition) is 2. The Morgan fingerprint density at radius 2 is 2.27 bits per heavy atom. The van der Waals surface area contributed by atoms with Gasteiger partial charge in [-0.15, -0.1) is 0 Å². The molecule has 0 aliphatic carbocycles. The molecule has 1 heterocycles. The fraction of sp³-hybridized carbons (Fsp3) is 0.333. The fourth-order valence-corrected chi connectivity index (χ4v) is 0.972. The van der Waals surface area contributed by atoms with Crippen LogP contribution in [0, 0.1) is 11.3 Å². The third-order valence-electron chi connectivity index (χ3n) is 1.51. The molecule has 2 heteroatoms. The van der Waals surface area contributed by atoms with Gasteiger partial charge in [-0.05, 0) is 18.1 Å². The molecule has 0 N–H and O–H groups in total. The molecule has 0 saturated carbocycles. The van der Waals surface area contributed by atoms with Crippen LogP contribution in [0.3, 0.4) is 0 Å². The van der Waals surface area contributed by atoms with E-state index in [1.807, 2.05) is 13.8 Å². The van der Waals surface area contributed by atoms with E-state index in [-0.39, 0.29) is 0 Å². The van der Waals surface area contributed by atoms with Crippen molar-refractivity contribution in [3.05, 3.63) is 29.6 Å². The van der Waals surface area contributed by atoms with Gasteiger partial charge in [-0.1, -0.05) is 13.8 Å². The normalized spacial score (nSPS) is 9.64. The predicted octanol–water partition coefficient (Wildman–Crippen LogP) is 2.08. The molecule has 0 aliphatic rings. The summed E-state index contributed by atoms with van der Waals surface area (Å²) in [6.45, 7) is 4.06. The van der Waals surface area contributed by atoms with Gasteiger partial charge in [-0.3, -0.25) is 4.98 Å². The Bertz CT molecular complexity index is 284. The van der Waals surface area contributed by atoms with Crippen molar-refractivity contribution in [3.8, 4) is 6.07 Å². The summed E-state index contributed by atoms with van der Waals surface area (Å²) in [7, 11) is 0. The molecule has 56 valence electrons. The highest BCUT2D eigenvalue weighted by Gasteiger charge is 2.05. The van der Waals surface area contributed by atoms with Crippen LogP contribution >= 0.6 is 0 Å². The minimum absolute atomic E-state index is 0.325. The summed E-state index contributed by atoms with van der Waals surface area (Å²) in [6.07, 6.45) is 1.72. The van der Waals surface area contributed by atoms with Gasteiger partial charge in [0.1, 0.15) is 6.07 Å². The van der Waals surface area contributed by atoms with Crippen LogP contribution < -0.4 is 0 Å². The van der Waals surface area contributed by atoms with E-state index >= 15 is 0 Å². The van der Waals surface area contributed by atoms with Gasteiger partial charge >= 0.3 is 0 Å². The second kappa shape index (κ2) is 3.16. The lowest BCUT2D eigenvalue weighted by atomic mass is 10.1. The van der Waals surface area contributed by atoms with Crippen LogP contribution in [0.15, 0.2) is 18.3 Å². The number of nitriles is 1. The van der Waals surface area contributed by atoms with Crippen molar-refractivity contribution in [1.82, 2.24) is 4.98 Å². The average Bonchev–Trinajstić information content (AvgIpc) is 2.04. The highest BCUT2D eigenvalue weighted by molar-refractivity contribution is 5.33. The Hall–Kier alpha value is -1.36. The molecule has 0 atom stereocenters. The van der Waals surface area contributed by atoms with Crippen LogP contribution in [0.25, 0.3) is 0 Å². The standard InChI is InChI=1S/C9H10N2/c1-7(2)9-8(6-10)4-3-5-11-9/h3-5,7H,1-2H3. The SMILES string of the molecule is CC(C)c1ncccc1C#N. The molecule has 0 aromatic carbocycles. The molecule has 0 amide bonds. The molecular weight excluding hydrogens is 136 g/mol. The Morgan fingerprint density at radius 1 is 1.55 bits per heavy atom. The lowest BCUT2D eigenvalue weighted by Gasteiger charge is -2.04. The van der Waals surface area contributed by atoms with Crippen molar-refractivity contribution >= 4 is 0 Å². The van der Waals surface area contributed by atoms with Crippen molar-refractivity contribution in [2.75, 3.05) is 0 Å². The van der Waals surface area contributed by atoms with Crippen LogP contribution in [0.1, 0.15) is 31.0 Å². The Morgan fingerprint density at radius 3 is 2.73 bits per heavy atom. The molecule has 0 unspecified atom stereocenters. The zero-order chi connectivity index (χ0) is 8.27. The quantitative estimate of drug-likeness (QED) is 0.608. The summed E-state index contributed by atoms with van der Waals surface area (Å²) >= 11 is 0. The van der Waals surface area contributed by atoms with Gasteiger partial charge in [0.05, 0.1) is 11.3 Å². The molecule has 0 radical (unpaired) electrons. The number of rotatable bonds is 1. The zero-order valence-corrected chi connectivity index (χ0v) is 6.70. The van der Waals surface area contributed by atoms with E-state index in [2.05, 4.69) is 11.1 Å². The Balaban J connectivity index is 3.15. The Kier molecular flexibility index (Phi) is 2.22. The highest BCUT2D eigenvalue weighted by Crippen LogP contribution is 2.14. The van der Waals surface area contributed by atoms with Gasteiger partial charge in [0, 0.05) is 6.20 Å². The van der Waals surface area contributed by atoms with Crippen molar-refractivity contribution in [3.63, 3.8) is 0 Å². The van der Waals surface area contributed by atoms with Gasteiger partial charge in [0.25, 0.3) is 0 Å². The molecule has 1 aromatic rings. The molecule has 2 nitrogen and oxygen atoms in total. The van der Waals surface area contributed by atoms with Crippen molar-refractivity contribution in [1.29, 1.82) is 5.26 Å². The first kappa shape index (κ1) is 7.74. The van der Waals surface area contributed by atoms with Crippen LogP contribution in [-0.2, 0) is 0 Å². The fourth-order valence-electron chi connectivity index (χ4n) is 0.972. The van der Waals surface area contributed by atoms with Crippen LogP contribution in [-0.4, -0.2) is 4.98 Å². The predicted molar refractivity (Wildman–Crippen MR) is 43.0 cm³/mol. The second-order valence-corrected chi connectivity index (χ2v) is 2.70. The number of hydrogen-bond donors (Lipinski definition) is 0. The lowest BCUT2D eigenvalue weighted by molar-refractivity contribution is 0.818. The van der Waals surface area contributed by atoms with E-state index in [0.29, 0.717) is 11.5 Å². The highest BCUT2D eigenvalue weighted by atomic mass is 14.7. The number of pyridine rings is 1. The maximum absolute atomic E-state index is 8.68. The summed E-state index contributed by atoms with van der Waals surface area (Å²) < 4.78 is 0. The summed E-state index contributed by atoms with van der Waals surface area (Å²) in [4.78, 5) is 4.13. The van der Waals surface area contributed by atoms with Gasteiger partial charge in [0.2, 0.25) is 0 Å². The van der Waals surface area contributed by atoms with E-state index in [1.54, 1.807) is 18.3 Å². The minimum atomic E-state index is 0.325. The Labute approximate surface area is 66.5 Å². The maximum Gasteiger partial charge on any atom is 0.101 e. The largest absolute Gasteiger partial charge is 0.260 e. The molecule has 0 aliphatic heterocycles. The van der Waals surface area contributed by atoms with Gasteiger partial charge in [-0.2, -0.15) is 5.26 Å². The lowest BCUT2D eigenvalue weighted by Crippen LogP contribution is -1.95. The summed E-state index contributed by atoms with van der Waals surface area (Å²) in [5.41, 5.74) is 1.57. The maximum atomic E-state index is 8.68. The molecule has 0 saturated heterocycles. The smallest absolute Gasteiger partial charge is 0.101 e. The second-order valence-electron chi connectivity index (χ2n) is 2.70. The topological polar surface area (TPSA) is 36.7 Å². The van der Waals surface area contributed by atoms with Crippen molar-refractivity contribution in [2.24, 2.45) is 0 Å². The summed E-state index contributed by atoms with van der Waals surface area (Å²) in [5.74, 6) is 0.325. The van der Waals surface area contributed by atoms with Crippen LogP contribution in [0.5, 0.6) is 0 Å². The van der Waals surface area contributed by atoms with Crippen LogP contribution in [0.2, 0.25) is 0 Å². The van der Waals surface area contributed by atoms with E-state index in [1.165, 1.54) is 0 Å². The molecule has 0 fully saturated rings. The molecular formula is C9H10N2. The first-order valence-electron chi connectivity index (χ1n) is 3.60. The first-order chi connectivity index (χ1) is 5.25. The van der Waals surface area contributed by atoms with Gasteiger partial charge in [-0.25, -0.2) is 0 Å². The average molecular weight is 146 g/mol.